The van der Waals surface area contributed by atoms with Gasteiger partial charge in [-0.15, -0.1) is 0 Å². The van der Waals surface area contributed by atoms with E-state index >= 15 is 0 Å². The number of amides is 1. The molecule has 0 fully saturated rings. The van der Waals surface area contributed by atoms with Gasteiger partial charge in [0.25, 0.3) is 0 Å². The second-order valence-corrected chi connectivity index (χ2v) is 3.89. The van der Waals surface area contributed by atoms with Gasteiger partial charge in [0.1, 0.15) is 0 Å². The van der Waals surface area contributed by atoms with Crippen molar-refractivity contribution in [1.29, 1.82) is 0 Å². The fourth-order valence-corrected chi connectivity index (χ4v) is 1.51. The van der Waals surface area contributed by atoms with Crippen LogP contribution in [0.25, 0.3) is 0 Å². The average Bonchev–Trinajstić information content (AvgIpc) is 2.20. The first kappa shape index (κ1) is 14.7. The molecule has 4 heteroatoms. The molecule has 92 valence electrons. The third-order valence-corrected chi connectivity index (χ3v) is 2.39. The molecule has 0 aromatic heterocycles. The molecule has 0 saturated carbocycles. The van der Waals surface area contributed by atoms with E-state index in [-0.39, 0.29) is 5.57 Å². The molecule has 0 aromatic rings. The summed E-state index contributed by atoms with van der Waals surface area (Å²) >= 11 is 0. The molecule has 16 heavy (non-hydrogen) atoms. The molecule has 0 atom stereocenters. The van der Waals surface area contributed by atoms with Crippen molar-refractivity contribution in [1.82, 2.24) is 0 Å². The molecule has 0 bridgehead atoms. The van der Waals surface area contributed by atoms with E-state index in [1.165, 1.54) is 19.3 Å². The van der Waals surface area contributed by atoms with Crippen LogP contribution in [-0.2, 0) is 9.59 Å². The van der Waals surface area contributed by atoms with Crippen LogP contribution in [0.5, 0.6) is 0 Å². The second kappa shape index (κ2) is 8.95. The van der Waals surface area contributed by atoms with E-state index < -0.39 is 11.9 Å². The van der Waals surface area contributed by atoms with Crippen LogP contribution in [0.15, 0.2) is 11.6 Å². The number of unbranched alkanes of at least 4 members (excludes halogenated alkanes) is 5. The molecule has 1 amide bonds. The van der Waals surface area contributed by atoms with E-state index in [1.54, 1.807) is 0 Å². The Morgan fingerprint density at radius 3 is 2.19 bits per heavy atom. The number of carboxylic acid groups (broad SMARTS) is 1. The Morgan fingerprint density at radius 2 is 1.69 bits per heavy atom. The minimum atomic E-state index is -1.05. The van der Waals surface area contributed by atoms with E-state index in [4.69, 9.17) is 10.8 Å². The van der Waals surface area contributed by atoms with Gasteiger partial charge in [-0.2, -0.15) is 0 Å². The Morgan fingerprint density at radius 1 is 1.12 bits per heavy atom. The minimum absolute atomic E-state index is 0.114. The molecule has 3 N–H and O–H groups in total. The Balaban J connectivity index is 3.78. The molecule has 0 aliphatic heterocycles. The Hall–Kier alpha value is -1.32. The van der Waals surface area contributed by atoms with Gasteiger partial charge in [-0.1, -0.05) is 39.0 Å². The maximum atomic E-state index is 10.7. The molecule has 0 saturated heterocycles. The quantitative estimate of drug-likeness (QED) is 0.468. The fraction of sp³-hybridized carbons (Fsp3) is 0.667. The summed E-state index contributed by atoms with van der Waals surface area (Å²) in [7, 11) is 0. The van der Waals surface area contributed by atoms with Crippen LogP contribution in [0.4, 0.5) is 0 Å². The first-order chi connectivity index (χ1) is 7.57. The number of carboxylic acids is 1. The highest BCUT2D eigenvalue weighted by Crippen LogP contribution is 2.11. The van der Waals surface area contributed by atoms with E-state index in [0.29, 0.717) is 6.42 Å². The van der Waals surface area contributed by atoms with Crippen LogP contribution >= 0.6 is 0 Å². The number of primary amides is 1. The van der Waals surface area contributed by atoms with Gasteiger partial charge in [0.2, 0.25) is 5.91 Å². The molecule has 0 rings (SSSR count). The summed E-state index contributed by atoms with van der Waals surface area (Å²) in [4.78, 5) is 21.3. The standard InChI is InChI=1S/C12H21NO3/c1-2-3-4-5-6-7-8-10(12(15)16)9-11(13)14/h9H,2-8H2,1H3,(H2,13,14)(H,15,16). The van der Waals surface area contributed by atoms with Crippen molar-refractivity contribution in [3.63, 3.8) is 0 Å². The predicted molar refractivity (Wildman–Crippen MR) is 62.9 cm³/mol. The van der Waals surface area contributed by atoms with E-state index in [1.807, 2.05) is 0 Å². The normalized spacial score (nSPS) is 11.4. The summed E-state index contributed by atoms with van der Waals surface area (Å²) in [5, 5.41) is 8.79. The highest BCUT2D eigenvalue weighted by Gasteiger charge is 2.07. The van der Waals surface area contributed by atoms with Crippen molar-refractivity contribution in [2.45, 2.75) is 51.9 Å². The van der Waals surface area contributed by atoms with E-state index in [9.17, 15) is 9.59 Å². The average molecular weight is 227 g/mol. The lowest BCUT2D eigenvalue weighted by Crippen LogP contribution is -2.11. The summed E-state index contributed by atoms with van der Waals surface area (Å²) in [5.74, 6) is -1.74. The molecule has 0 unspecified atom stereocenters. The number of rotatable bonds is 9. The molecule has 0 radical (unpaired) electrons. The highest BCUT2D eigenvalue weighted by molar-refractivity contribution is 5.96. The summed E-state index contributed by atoms with van der Waals surface area (Å²) < 4.78 is 0. The maximum Gasteiger partial charge on any atom is 0.331 e. The molecule has 0 aromatic carbocycles. The molecule has 0 aliphatic rings. The third kappa shape index (κ3) is 8.03. The van der Waals surface area contributed by atoms with Crippen molar-refractivity contribution in [3.05, 3.63) is 11.6 Å². The minimum Gasteiger partial charge on any atom is -0.478 e. The van der Waals surface area contributed by atoms with E-state index in [2.05, 4.69) is 6.92 Å². The van der Waals surface area contributed by atoms with Crippen LogP contribution in [-0.4, -0.2) is 17.0 Å². The number of carbonyl (C=O) groups is 2. The van der Waals surface area contributed by atoms with Crippen LogP contribution < -0.4 is 5.73 Å². The number of hydrogen-bond donors (Lipinski definition) is 2. The van der Waals surface area contributed by atoms with Crippen LogP contribution in [0.1, 0.15) is 51.9 Å². The summed E-state index contributed by atoms with van der Waals surface area (Å²) in [5.41, 5.74) is 5.04. The largest absolute Gasteiger partial charge is 0.478 e. The van der Waals surface area contributed by atoms with Crippen LogP contribution in [0.2, 0.25) is 0 Å². The molecule has 0 spiro atoms. The first-order valence-electron chi connectivity index (χ1n) is 5.81. The number of carbonyl (C=O) groups excluding carboxylic acids is 1. The Labute approximate surface area is 96.5 Å². The molecule has 4 nitrogen and oxygen atoms in total. The van der Waals surface area contributed by atoms with Crippen molar-refractivity contribution >= 4 is 11.9 Å². The van der Waals surface area contributed by atoms with Crippen molar-refractivity contribution in [2.75, 3.05) is 0 Å². The van der Waals surface area contributed by atoms with E-state index in [0.717, 1.165) is 25.3 Å². The van der Waals surface area contributed by atoms with Gasteiger partial charge in [0.05, 0.1) is 0 Å². The van der Waals surface area contributed by atoms with Gasteiger partial charge >= 0.3 is 5.97 Å². The molecular formula is C12H21NO3. The maximum absolute atomic E-state index is 10.7. The second-order valence-electron chi connectivity index (χ2n) is 3.89. The fourth-order valence-electron chi connectivity index (χ4n) is 1.51. The van der Waals surface area contributed by atoms with Gasteiger partial charge < -0.3 is 10.8 Å². The zero-order valence-corrected chi connectivity index (χ0v) is 9.87. The number of nitrogens with two attached hydrogens (primary N) is 1. The SMILES string of the molecule is CCCCCCCCC(=CC(N)=O)C(=O)O. The third-order valence-electron chi connectivity index (χ3n) is 2.39. The molecular weight excluding hydrogens is 206 g/mol. The smallest absolute Gasteiger partial charge is 0.331 e. The summed E-state index contributed by atoms with van der Waals surface area (Å²) in [6.07, 6.45) is 7.97. The van der Waals surface area contributed by atoms with Crippen LogP contribution in [0.3, 0.4) is 0 Å². The van der Waals surface area contributed by atoms with Crippen molar-refractivity contribution < 1.29 is 14.7 Å². The monoisotopic (exact) mass is 227 g/mol. The lowest BCUT2D eigenvalue weighted by atomic mass is 10.0. The van der Waals surface area contributed by atoms with Gasteiger partial charge in [-0.3, -0.25) is 4.79 Å². The molecule has 0 heterocycles. The zero-order valence-electron chi connectivity index (χ0n) is 9.87. The Bertz CT molecular complexity index is 259. The van der Waals surface area contributed by atoms with Crippen molar-refractivity contribution in [3.8, 4) is 0 Å². The van der Waals surface area contributed by atoms with Gasteiger partial charge in [-0.25, -0.2) is 4.79 Å². The lowest BCUT2D eigenvalue weighted by molar-refractivity contribution is -0.133. The van der Waals surface area contributed by atoms with Gasteiger partial charge in [-0.05, 0) is 12.8 Å². The topological polar surface area (TPSA) is 80.4 Å². The summed E-state index contributed by atoms with van der Waals surface area (Å²) in [6.45, 7) is 2.15. The predicted octanol–water partition coefficient (Wildman–Crippen LogP) is 2.23. The Kier molecular flexibility index (Phi) is 8.21. The number of hydrogen-bond acceptors (Lipinski definition) is 2. The van der Waals surface area contributed by atoms with Gasteiger partial charge in [0, 0.05) is 11.6 Å². The number of aliphatic carboxylic acids is 1. The van der Waals surface area contributed by atoms with Gasteiger partial charge in [0.15, 0.2) is 0 Å². The first-order valence-corrected chi connectivity index (χ1v) is 5.81. The molecule has 0 aliphatic carbocycles. The lowest BCUT2D eigenvalue weighted by Gasteiger charge is -2.02. The summed E-state index contributed by atoms with van der Waals surface area (Å²) in [6, 6.07) is 0. The van der Waals surface area contributed by atoms with Crippen LogP contribution in [0, 0.1) is 0 Å². The highest BCUT2D eigenvalue weighted by atomic mass is 16.4. The zero-order chi connectivity index (χ0) is 12.4. The van der Waals surface area contributed by atoms with Crippen molar-refractivity contribution in [2.24, 2.45) is 5.73 Å².